The van der Waals surface area contributed by atoms with Crippen molar-refractivity contribution in [2.45, 2.75) is 77.5 Å². The molecule has 0 radical (unpaired) electrons. The number of alkyl halides is 3. The summed E-state index contributed by atoms with van der Waals surface area (Å²) in [6, 6.07) is 6.41. The van der Waals surface area contributed by atoms with Crippen LogP contribution in [-0.4, -0.2) is 6.36 Å². The van der Waals surface area contributed by atoms with Gasteiger partial charge < -0.3 is 4.74 Å². The summed E-state index contributed by atoms with van der Waals surface area (Å²) in [5.74, 6) is 0.299. The molecule has 1 unspecified atom stereocenters. The van der Waals surface area contributed by atoms with E-state index < -0.39 is 6.36 Å². The van der Waals surface area contributed by atoms with Gasteiger partial charge in [0, 0.05) is 0 Å². The van der Waals surface area contributed by atoms with E-state index in [4.69, 9.17) is 0 Å². The molecule has 1 rings (SSSR count). The topological polar surface area (TPSA) is 9.23 Å². The van der Waals surface area contributed by atoms with Gasteiger partial charge in [0.2, 0.25) is 0 Å². The second-order valence-electron chi connectivity index (χ2n) is 5.81. The van der Waals surface area contributed by atoms with E-state index in [0.29, 0.717) is 5.92 Å². The van der Waals surface area contributed by atoms with Crippen LogP contribution in [-0.2, 0) is 0 Å². The largest absolute Gasteiger partial charge is 0.573 e. The molecule has 22 heavy (non-hydrogen) atoms. The van der Waals surface area contributed by atoms with E-state index in [-0.39, 0.29) is 5.75 Å². The first-order valence-corrected chi connectivity index (χ1v) is 8.32. The van der Waals surface area contributed by atoms with E-state index in [9.17, 15) is 13.2 Å². The molecule has 0 N–H and O–H groups in total. The van der Waals surface area contributed by atoms with E-state index >= 15 is 0 Å². The molecule has 4 heteroatoms. The summed E-state index contributed by atoms with van der Waals surface area (Å²) in [6.45, 7) is 4.35. The van der Waals surface area contributed by atoms with E-state index in [1.165, 1.54) is 37.8 Å². The maximum absolute atomic E-state index is 12.2. The van der Waals surface area contributed by atoms with Crippen molar-refractivity contribution in [2.75, 3.05) is 0 Å². The van der Waals surface area contributed by atoms with Crippen molar-refractivity contribution in [1.29, 1.82) is 0 Å². The number of benzene rings is 1. The average Bonchev–Trinajstić information content (AvgIpc) is 2.46. The fourth-order valence-corrected chi connectivity index (χ4v) is 2.69. The van der Waals surface area contributed by atoms with E-state index in [0.717, 1.165) is 31.2 Å². The highest BCUT2D eigenvalue weighted by atomic mass is 19.4. The van der Waals surface area contributed by atoms with Gasteiger partial charge in [-0.3, -0.25) is 0 Å². The van der Waals surface area contributed by atoms with Gasteiger partial charge in [-0.1, -0.05) is 64.5 Å². The summed E-state index contributed by atoms with van der Waals surface area (Å²) < 4.78 is 40.5. The number of hydrogen-bond acceptors (Lipinski definition) is 1. The van der Waals surface area contributed by atoms with Crippen LogP contribution >= 0.6 is 0 Å². The van der Waals surface area contributed by atoms with Crippen LogP contribution in [0, 0.1) is 0 Å². The minimum absolute atomic E-state index is 0.142. The first kappa shape index (κ1) is 18.9. The summed E-state index contributed by atoms with van der Waals surface area (Å²) in [5.41, 5.74) is 1.12. The second-order valence-corrected chi connectivity index (χ2v) is 5.81. The van der Waals surface area contributed by atoms with E-state index in [1.54, 1.807) is 12.1 Å². The molecular weight excluding hydrogens is 289 g/mol. The van der Waals surface area contributed by atoms with Crippen LogP contribution in [0.2, 0.25) is 0 Å². The molecule has 0 aliphatic rings. The number of ether oxygens (including phenoxy) is 1. The Balaban J connectivity index is 2.63. The van der Waals surface area contributed by atoms with Gasteiger partial charge in [0.05, 0.1) is 0 Å². The Morgan fingerprint density at radius 2 is 1.45 bits per heavy atom. The molecule has 0 amide bonds. The fraction of sp³-hybridized carbons (Fsp3) is 0.667. The highest BCUT2D eigenvalue weighted by Crippen LogP contribution is 2.30. The van der Waals surface area contributed by atoms with Gasteiger partial charge in [0.25, 0.3) is 0 Å². The summed E-state index contributed by atoms with van der Waals surface area (Å²) in [5, 5.41) is 0. The Hall–Kier alpha value is -1.19. The molecule has 0 aliphatic heterocycles. The van der Waals surface area contributed by atoms with Gasteiger partial charge in [-0.25, -0.2) is 0 Å². The van der Waals surface area contributed by atoms with Gasteiger partial charge in [0.1, 0.15) is 5.75 Å². The van der Waals surface area contributed by atoms with Crippen LogP contribution in [0.3, 0.4) is 0 Å². The van der Waals surface area contributed by atoms with E-state index in [1.807, 2.05) is 0 Å². The summed E-state index contributed by atoms with van der Waals surface area (Å²) in [7, 11) is 0. The zero-order chi connectivity index (χ0) is 16.4. The highest BCUT2D eigenvalue weighted by molar-refractivity contribution is 5.29. The monoisotopic (exact) mass is 316 g/mol. The predicted octanol–water partition coefficient (Wildman–Crippen LogP) is 6.83. The maximum atomic E-state index is 12.2. The van der Waals surface area contributed by atoms with Crippen molar-refractivity contribution < 1.29 is 17.9 Å². The Kier molecular flexibility index (Phi) is 8.36. The molecule has 1 aromatic carbocycles. The van der Waals surface area contributed by atoms with Crippen LogP contribution in [0.1, 0.15) is 76.7 Å². The standard InChI is InChI=1S/C18H27F3O/c1-3-5-7-8-10-15(9-6-4-2)16-11-13-17(14-12-16)22-18(19,20)21/h11-15H,3-10H2,1-2H3. The van der Waals surface area contributed by atoms with Crippen molar-refractivity contribution in [1.82, 2.24) is 0 Å². The van der Waals surface area contributed by atoms with Crippen LogP contribution in [0.15, 0.2) is 24.3 Å². The summed E-state index contributed by atoms with van der Waals surface area (Å²) in [4.78, 5) is 0. The highest BCUT2D eigenvalue weighted by Gasteiger charge is 2.31. The summed E-state index contributed by atoms with van der Waals surface area (Å²) >= 11 is 0. The molecule has 1 nitrogen and oxygen atoms in total. The molecule has 0 saturated carbocycles. The van der Waals surface area contributed by atoms with Crippen LogP contribution in [0.25, 0.3) is 0 Å². The lowest BCUT2D eigenvalue weighted by Gasteiger charge is -2.18. The first-order chi connectivity index (χ1) is 10.5. The third kappa shape index (κ3) is 7.71. The van der Waals surface area contributed by atoms with Crippen LogP contribution < -0.4 is 4.74 Å². The number of rotatable bonds is 10. The molecule has 0 aliphatic carbocycles. The quantitative estimate of drug-likeness (QED) is 0.430. The SMILES string of the molecule is CCCCCCC(CCCC)c1ccc(OC(F)(F)F)cc1. The van der Waals surface area contributed by atoms with Crippen molar-refractivity contribution in [3.8, 4) is 5.75 Å². The van der Waals surface area contributed by atoms with Crippen molar-refractivity contribution in [2.24, 2.45) is 0 Å². The Morgan fingerprint density at radius 3 is 2.00 bits per heavy atom. The first-order valence-electron chi connectivity index (χ1n) is 8.32. The number of hydrogen-bond donors (Lipinski definition) is 0. The predicted molar refractivity (Wildman–Crippen MR) is 84.2 cm³/mol. The van der Waals surface area contributed by atoms with Gasteiger partial charge in [-0.15, -0.1) is 13.2 Å². The maximum Gasteiger partial charge on any atom is 0.573 e. The number of unbranched alkanes of at least 4 members (excludes halogenated alkanes) is 4. The van der Waals surface area contributed by atoms with Gasteiger partial charge in [-0.2, -0.15) is 0 Å². The average molecular weight is 316 g/mol. The fourth-order valence-electron chi connectivity index (χ4n) is 2.69. The van der Waals surface area contributed by atoms with Gasteiger partial charge in [0.15, 0.2) is 0 Å². The Labute approximate surface area is 131 Å². The molecule has 1 aromatic rings. The molecule has 126 valence electrons. The van der Waals surface area contributed by atoms with Gasteiger partial charge >= 0.3 is 6.36 Å². The van der Waals surface area contributed by atoms with Crippen molar-refractivity contribution in [3.05, 3.63) is 29.8 Å². The molecule has 0 spiro atoms. The van der Waals surface area contributed by atoms with E-state index in [2.05, 4.69) is 18.6 Å². The minimum atomic E-state index is -4.62. The third-order valence-electron chi connectivity index (χ3n) is 3.90. The molecular formula is C18H27F3O. The van der Waals surface area contributed by atoms with Crippen LogP contribution in [0.5, 0.6) is 5.75 Å². The zero-order valence-electron chi connectivity index (χ0n) is 13.6. The molecule has 0 bridgehead atoms. The van der Waals surface area contributed by atoms with Crippen molar-refractivity contribution in [3.63, 3.8) is 0 Å². The lowest BCUT2D eigenvalue weighted by molar-refractivity contribution is -0.274. The molecule has 0 fully saturated rings. The minimum Gasteiger partial charge on any atom is -0.406 e. The van der Waals surface area contributed by atoms with Crippen molar-refractivity contribution >= 4 is 0 Å². The normalized spacial score (nSPS) is 13.1. The second kappa shape index (κ2) is 9.75. The Bertz CT molecular complexity index is 398. The lowest BCUT2D eigenvalue weighted by atomic mass is 9.88. The Morgan fingerprint density at radius 1 is 0.864 bits per heavy atom. The molecule has 1 atom stereocenters. The zero-order valence-corrected chi connectivity index (χ0v) is 13.6. The third-order valence-corrected chi connectivity index (χ3v) is 3.90. The molecule has 0 saturated heterocycles. The number of halogens is 3. The summed E-state index contributed by atoms with van der Waals surface area (Å²) in [6.07, 6.45) is 4.75. The van der Waals surface area contributed by atoms with Crippen LogP contribution in [0.4, 0.5) is 13.2 Å². The lowest BCUT2D eigenvalue weighted by Crippen LogP contribution is -2.17. The van der Waals surface area contributed by atoms with Gasteiger partial charge in [-0.05, 0) is 36.5 Å². The smallest absolute Gasteiger partial charge is 0.406 e. The molecule has 0 heterocycles. The molecule has 0 aromatic heterocycles.